The highest BCUT2D eigenvalue weighted by Gasteiger charge is 2.19. The van der Waals surface area contributed by atoms with E-state index in [2.05, 4.69) is 10.3 Å². The van der Waals surface area contributed by atoms with Crippen LogP contribution in [0.3, 0.4) is 0 Å². The third kappa shape index (κ3) is 3.53. The maximum atomic E-state index is 9.81. The zero-order valence-electron chi connectivity index (χ0n) is 9.30. The number of hydrogen-bond acceptors (Lipinski definition) is 5. The number of rotatable bonds is 6. The van der Waals surface area contributed by atoms with Gasteiger partial charge in [0.2, 0.25) is 0 Å². The molecule has 2 atom stereocenters. The van der Waals surface area contributed by atoms with Crippen LogP contribution in [0.25, 0.3) is 0 Å². The molecule has 0 spiro atoms. The summed E-state index contributed by atoms with van der Waals surface area (Å²) in [5, 5.41) is 31.3. The third-order valence-electron chi connectivity index (χ3n) is 2.39. The van der Waals surface area contributed by atoms with Crippen LogP contribution in [0.1, 0.15) is 23.8 Å². The fourth-order valence-corrected chi connectivity index (χ4v) is 1.40. The molecule has 1 aromatic rings. The lowest BCUT2D eigenvalue weighted by Crippen LogP contribution is -2.24. The number of hydrogen-bond donors (Lipinski definition) is 4. The summed E-state index contributed by atoms with van der Waals surface area (Å²) in [6.45, 7) is 0.521. The number of aliphatic hydroxyl groups excluding tert-OH is 3. The fourth-order valence-electron chi connectivity index (χ4n) is 1.40. The first-order valence-corrected chi connectivity index (χ1v) is 5.25. The van der Waals surface area contributed by atoms with Crippen LogP contribution >= 0.6 is 0 Å². The lowest BCUT2D eigenvalue weighted by atomic mass is 10.1. The number of nitrogens with zero attached hydrogens (tertiary/aromatic N) is 1. The number of aliphatic hydroxyl groups is 3. The minimum Gasteiger partial charge on any atom is -0.392 e. The Morgan fingerprint density at radius 2 is 2.19 bits per heavy atom. The average molecular weight is 226 g/mol. The second-order valence-electron chi connectivity index (χ2n) is 3.65. The summed E-state index contributed by atoms with van der Waals surface area (Å²) >= 11 is 0. The first kappa shape index (κ1) is 13.1. The minimum absolute atomic E-state index is 0.102. The van der Waals surface area contributed by atoms with Crippen molar-refractivity contribution >= 4 is 0 Å². The summed E-state index contributed by atoms with van der Waals surface area (Å²) in [6, 6.07) is 3.25. The van der Waals surface area contributed by atoms with Crippen LogP contribution < -0.4 is 5.32 Å². The van der Waals surface area contributed by atoms with Gasteiger partial charge < -0.3 is 20.6 Å². The van der Waals surface area contributed by atoms with Crippen molar-refractivity contribution in [1.29, 1.82) is 0 Å². The van der Waals surface area contributed by atoms with Gasteiger partial charge in [-0.15, -0.1) is 0 Å². The van der Waals surface area contributed by atoms with E-state index in [1.165, 1.54) is 6.20 Å². The molecule has 0 saturated heterocycles. The molecule has 0 aliphatic heterocycles. The predicted molar refractivity (Wildman–Crippen MR) is 59.7 cm³/mol. The van der Waals surface area contributed by atoms with Crippen LogP contribution in [0.15, 0.2) is 18.3 Å². The Balaban J connectivity index is 2.67. The number of pyridine rings is 1. The molecular formula is C11H18N2O3. The minimum atomic E-state index is -1.01. The van der Waals surface area contributed by atoms with Gasteiger partial charge in [-0.25, -0.2) is 0 Å². The van der Waals surface area contributed by atoms with E-state index >= 15 is 0 Å². The lowest BCUT2D eigenvalue weighted by molar-refractivity contribution is 0.0114. The molecule has 0 fully saturated rings. The summed E-state index contributed by atoms with van der Waals surface area (Å²) in [4.78, 5) is 3.97. The van der Waals surface area contributed by atoms with E-state index < -0.39 is 12.2 Å². The topological polar surface area (TPSA) is 85.6 Å². The van der Waals surface area contributed by atoms with Crippen LogP contribution in [0.5, 0.6) is 0 Å². The standard InChI is InChI=1S/C11H18N2O3/c1-12-4-3-10(15)11(16)9-6-8(7-14)2-5-13-9/h2,5-6,10-12,14-16H,3-4,7H2,1H3. The second-order valence-corrected chi connectivity index (χ2v) is 3.65. The van der Waals surface area contributed by atoms with Gasteiger partial charge in [-0.05, 0) is 37.7 Å². The molecule has 4 N–H and O–H groups in total. The Kier molecular flexibility index (Phi) is 5.34. The van der Waals surface area contributed by atoms with Gasteiger partial charge in [-0.2, -0.15) is 0 Å². The molecule has 0 saturated carbocycles. The van der Waals surface area contributed by atoms with E-state index in [0.29, 0.717) is 24.2 Å². The van der Waals surface area contributed by atoms with Crippen molar-refractivity contribution < 1.29 is 15.3 Å². The Hall–Kier alpha value is -1.01. The SMILES string of the molecule is CNCCC(O)C(O)c1cc(CO)ccn1. The first-order chi connectivity index (χ1) is 7.69. The smallest absolute Gasteiger partial charge is 0.122 e. The Morgan fingerprint density at radius 3 is 2.81 bits per heavy atom. The highest BCUT2D eigenvalue weighted by molar-refractivity contribution is 5.17. The molecule has 0 amide bonds. The van der Waals surface area contributed by atoms with Gasteiger partial charge in [0, 0.05) is 6.20 Å². The molecule has 1 heterocycles. The zero-order chi connectivity index (χ0) is 12.0. The highest BCUT2D eigenvalue weighted by Crippen LogP contribution is 2.17. The van der Waals surface area contributed by atoms with Gasteiger partial charge in [-0.3, -0.25) is 4.98 Å². The first-order valence-electron chi connectivity index (χ1n) is 5.25. The van der Waals surface area contributed by atoms with Crippen molar-refractivity contribution in [3.05, 3.63) is 29.6 Å². The van der Waals surface area contributed by atoms with Crippen LogP contribution in [0.4, 0.5) is 0 Å². The lowest BCUT2D eigenvalue weighted by Gasteiger charge is -2.17. The number of aromatic nitrogens is 1. The van der Waals surface area contributed by atoms with Crippen molar-refractivity contribution in [3.8, 4) is 0 Å². The summed E-state index contributed by atoms with van der Waals surface area (Å²) in [5.41, 5.74) is 1.06. The van der Waals surface area contributed by atoms with Gasteiger partial charge >= 0.3 is 0 Å². The van der Waals surface area contributed by atoms with Crippen molar-refractivity contribution in [2.75, 3.05) is 13.6 Å². The normalized spacial score (nSPS) is 14.8. The van der Waals surface area contributed by atoms with E-state index in [-0.39, 0.29) is 6.61 Å². The molecule has 1 rings (SSSR count). The molecule has 0 aliphatic carbocycles. The molecule has 0 bridgehead atoms. The van der Waals surface area contributed by atoms with Gasteiger partial charge in [-0.1, -0.05) is 0 Å². The fraction of sp³-hybridized carbons (Fsp3) is 0.545. The molecule has 5 heteroatoms. The van der Waals surface area contributed by atoms with Crippen molar-refractivity contribution in [2.45, 2.75) is 25.2 Å². The predicted octanol–water partition coefficient (Wildman–Crippen LogP) is -0.422. The molecule has 2 unspecified atom stereocenters. The van der Waals surface area contributed by atoms with Crippen molar-refractivity contribution in [3.63, 3.8) is 0 Å². The third-order valence-corrected chi connectivity index (χ3v) is 2.39. The Bertz CT molecular complexity index is 320. The highest BCUT2D eigenvalue weighted by atomic mass is 16.3. The molecule has 0 aliphatic rings. The maximum Gasteiger partial charge on any atom is 0.122 e. The maximum absolute atomic E-state index is 9.81. The Morgan fingerprint density at radius 1 is 1.44 bits per heavy atom. The number of nitrogens with one attached hydrogen (secondary N) is 1. The summed E-state index contributed by atoms with van der Waals surface area (Å²) in [5.74, 6) is 0. The monoisotopic (exact) mass is 226 g/mol. The summed E-state index contributed by atoms with van der Waals surface area (Å²) in [7, 11) is 1.78. The van der Waals surface area contributed by atoms with Crippen molar-refractivity contribution in [1.82, 2.24) is 10.3 Å². The molecule has 0 aromatic carbocycles. The van der Waals surface area contributed by atoms with Crippen molar-refractivity contribution in [2.24, 2.45) is 0 Å². The molecular weight excluding hydrogens is 208 g/mol. The molecule has 90 valence electrons. The molecule has 0 radical (unpaired) electrons. The van der Waals surface area contributed by atoms with Crippen LogP contribution in [-0.2, 0) is 6.61 Å². The Labute approximate surface area is 94.8 Å². The van der Waals surface area contributed by atoms with Crippen LogP contribution in [-0.4, -0.2) is 40.0 Å². The average Bonchev–Trinajstić information content (AvgIpc) is 2.35. The summed E-state index contributed by atoms with van der Waals surface area (Å²) in [6.07, 6.45) is 0.0890. The molecule has 5 nitrogen and oxygen atoms in total. The van der Waals surface area contributed by atoms with E-state index in [1.807, 2.05) is 0 Å². The molecule has 16 heavy (non-hydrogen) atoms. The largest absolute Gasteiger partial charge is 0.392 e. The van der Waals surface area contributed by atoms with Crippen LogP contribution in [0, 0.1) is 0 Å². The van der Waals surface area contributed by atoms with E-state index in [4.69, 9.17) is 5.11 Å². The summed E-state index contributed by atoms with van der Waals surface area (Å²) < 4.78 is 0. The van der Waals surface area contributed by atoms with E-state index in [9.17, 15) is 10.2 Å². The molecule has 1 aromatic heterocycles. The van der Waals surface area contributed by atoms with E-state index in [1.54, 1.807) is 19.2 Å². The van der Waals surface area contributed by atoms with Gasteiger partial charge in [0.05, 0.1) is 18.4 Å². The van der Waals surface area contributed by atoms with Gasteiger partial charge in [0.1, 0.15) is 6.10 Å². The quantitative estimate of drug-likeness (QED) is 0.529. The van der Waals surface area contributed by atoms with E-state index in [0.717, 1.165) is 0 Å². The van der Waals surface area contributed by atoms with Crippen LogP contribution in [0.2, 0.25) is 0 Å². The zero-order valence-corrected chi connectivity index (χ0v) is 9.30. The van der Waals surface area contributed by atoms with Gasteiger partial charge in [0.15, 0.2) is 0 Å². The second kappa shape index (κ2) is 6.55. The van der Waals surface area contributed by atoms with Gasteiger partial charge in [0.25, 0.3) is 0 Å².